The van der Waals surface area contributed by atoms with Gasteiger partial charge in [-0.25, -0.2) is 4.79 Å². The maximum atomic E-state index is 13.1. The van der Waals surface area contributed by atoms with E-state index in [2.05, 4.69) is 0 Å². The van der Waals surface area contributed by atoms with E-state index in [9.17, 15) is 30.0 Å². The molecule has 0 aromatic heterocycles. The smallest absolute Gasteiger partial charge is 0.338 e. The van der Waals surface area contributed by atoms with Gasteiger partial charge in [-0.2, -0.15) is 0 Å². The minimum Gasteiger partial charge on any atom is -0.461 e. The fourth-order valence-corrected chi connectivity index (χ4v) is 6.38. The highest BCUT2D eigenvalue weighted by Gasteiger charge is 2.87. The normalized spacial score (nSPS) is 46.2. The number of Topliss-reactive ketones (excluding diaryl/α,β-unsaturated/α-hetero) is 1. The molecular formula is C24H30O11. The number of hydrogen-bond donors (Lipinski definition) is 4. The van der Waals surface area contributed by atoms with Crippen molar-refractivity contribution in [2.45, 2.75) is 68.0 Å². The van der Waals surface area contributed by atoms with Crippen LogP contribution in [0, 0.1) is 11.3 Å². The number of rotatable bonds is 7. The van der Waals surface area contributed by atoms with E-state index in [-0.39, 0.29) is 25.2 Å². The molecule has 2 saturated heterocycles. The molecule has 4 bridgehead atoms. The van der Waals surface area contributed by atoms with E-state index >= 15 is 0 Å². The maximum absolute atomic E-state index is 13.1. The fourth-order valence-electron chi connectivity index (χ4n) is 6.38. The van der Waals surface area contributed by atoms with Crippen LogP contribution in [-0.2, 0) is 28.5 Å². The second-order valence-corrected chi connectivity index (χ2v) is 9.94. The Morgan fingerprint density at radius 1 is 1.14 bits per heavy atom. The molecule has 5 fully saturated rings. The van der Waals surface area contributed by atoms with Gasteiger partial charge in [-0.05, 0) is 25.5 Å². The molecule has 5 aliphatic rings. The van der Waals surface area contributed by atoms with Gasteiger partial charge >= 0.3 is 5.97 Å². The lowest BCUT2D eigenvalue weighted by molar-refractivity contribution is -0.381. The Hall–Kier alpha value is -1.96. The van der Waals surface area contributed by atoms with Crippen molar-refractivity contribution in [3.05, 3.63) is 35.9 Å². The summed E-state index contributed by atoms with van der Waals surface area (Å²) >= 11 is 0. The highest BCUT2D eigenvalue weighted by atomic mass is 16.8. The Labute approximate surface area is 201 Å². The molecule has 3 aliphatic carbocycles. The number of hydrogen-bond acceptors (Lipinski definition) is 11. The molecule has 6 rings (SSSR count). The number of ketones is 1. The number of fused-ring (bicyclic) bond motifs is 1. The van der Waals surface area contributed by atoms with Crippen LogP contribution < -0.4 is 0 Å². The van der Waals surface area contributed by atoms with Crippen LogP contribution in [0.5, 0.6) is 0 Å². The van der Waals surface area contributed by atoms with Crippen molar-refractivity contribution in [1.82, 2.24) is 0 Å². The molecule has 2 aliphatic heterocycles. The van der Waals surface area contributed by atoms with Crippen molar-refractivity contribution < 1.29 is 53.7 Å². The number of benzene rings is 1. The first kappa shape index (κ1) is 24.7. The SMILES string of the molecule is CO[C@H]1O[C@@]2(C)CC(=O)[C@@H]3C[C@@]2(O[C@@H]2O[C@H](CO)[C@@H](O)[C@H](O)[C@H]2O)[C@]13COC(=O)c1ccccc1. The van der Waals surface area contributed by atoms with E-state index in [1.165, 1.54) is 7.11 Å². The molecule has 192 valence electrons. The van der Waals surface area contributed by atoms with E-state index < -0.39 is 72.1 Å². The van der Waals surface area contributed by atoms with E-state index in [4.69, 9.17) is 23.7 Å². The Morgan fingerprint density at radius 3 is 2.51 bits per heavy atom. The summed E-state index contributed by atoms with van der Waals surface area (Å²) in [6.45, 7) is 0.812. The summed E-state index contributed by atoms with van der Waals surface area (Å²) in [7, 11) is 1.42. The van der Waals surface area contributed by atoms with Gasteiger partial charge in [-0.1, -0.05) is 18.2 Å². The average Bonchev–Trinajstić information content (AvgIpc) is 2.93. The molecule has 35 heavy (non-hydrogen) atoms. The van der Waals surface area contributed by atoms with Gasteiger partial charge in [0.05, 0.1) is 17.6 Å². The molecule has 4 N–H and O–H groups in total. The van der Waals surface area contributed by atoms with E-state index in [1.807, 2.05) is 0 Å². The minimum absolute atomic E-state index is 0.00330. The Bertz CT molecular complexity index is 985. The van der Waals surface area contributed by atoms with Gasteiger partial charge in [-0.3, -0.25) is 4.79 Å². The molecule has 0 amide bonds. The highest BCUT2D eigenvalue weighted by Crippen LogP contribution is 2.74. The van der Waals surface area contributed by atoms with Crippen LogP contribution in [0.3, 0.4) is 0 Å². The van der Waals surface area contributed by atoms with Gasteiger partial charge in [0.25, 0.3) is 0 Å². The van der Waals surface area contributed by atoms with Crippen LogP contribution >= 0.6 is 0 Å². The third-order valence-corrected chi connectivity index (χ3v) is 8.24. The third kappa shape index (κ3) is 3.27. The van der Waals surface area contributed by atoms with E-state index in [0.717, 1.165) is 0 Å². The Balaban J connectivity index is 1.49. The number of ether oxygens (including phenoxy) is 5. The third-order valence-electron chi connectivity index (χ3n) is 8.24. The summed E-state index contributed by atoms with van der Waals surface area (Å²) in [5.41, 5.74) is -3.41. The standard InChI is InChI=1S/C24H30O11/c1-22-9-14(26)13-8-24(22,34-20-18(29)17(28)16(27)15(10-25)33-20)23(13,21(31-2)35-22)11-32-19(30)12-6-4-3-5-7-12/h3-7,13,15-18,20-21,25,27-29H,8-11H2,1-2H3/t13-,15+,16+,17-,18+,20-,21-,22-,23-,24-/m0/s1. The van der Waals surface area contributed by atoms with Crippen LogP contribution in [0.2, 0.25) is 0 Å². The number of aliphatic hydroxyl groups is 4. The number of carbonyl (C=O) groups is 2. The molecule has 10 atom stereocenters. The molecule has 0 spiro atoms. The van der Waals surface area contributed by atoms with Gasteiger partial charge in [0.1, 0.15) is 48.0 Å². The van der Waals surface area contributed by atoms with Crippen LogP contribution in [0.15, 0.2) is 30.3 Å². The van der Waals surface area contributed by atoms with Crippen LogP contribution in [0.4, 0.5) is 0 Å². The summed E-state index contributed by atoms with van der Waals surface area (Å²) < 4.78 is 29.5. The van der Waals surface area contributed by atoms with Crippen molar-refractivity contribution in [2.75, 3.05) is 20.3 Å². The van der Waals surface area contributed by atoms with Crippen molar-refractivity contribution in [2.24, 2.45) is 11.3 Å². The molecule has 3 saturated carbocycles. The second-order valence-electron chi connectivity index (χ2n) is 9.94. The maximum Gasteiger partial charge on any atom is 0.338 e. The van der Waals surface area contributed by atoms with Gasteiger partial charge in [0, 0.05) is 19.4 Å². The van der Waals surface area contributed by atoms with Gasteiger partial charge in [0.2, 0.25) is 0 Å². The first-order chi connectivity index (χ1) is 16.6. The largest absolute Gasteiger partial charge is 0.461 e. The lowest BCUT2D eigenvalue weighted by atomic mass is 9.41. The summed E-state index contributed by atoms with van der Waals surface area (Å²) in [6, 6.07) is 8.39. The second kappa shape index (κ2) is 8.56. The lowest BCUT2D eigenvalue weighted by Gasteiger charge is -2.66. The molecule has 0 radical (unpaired) electrons. The average molecular weight is 494 g/mol. The number of esters is 1. The fraction of sp³-hybridized carbons (Fsp3) is 0.667. The van der Waals surface area contributed by atoms with Crippen LogP contribution in [-0.4, -0.2) is 101 Å². The minimum atomic E-state index is -1.65. The first-order valence-corrected chi connectivity index (χ1v) is 11.6. The predicted molar refractivity (Wildman–Crippen MR) is 115 cm³/mol. The number of carbonyl (C=O) groups excluding carboxylic acids is 2. The molecule has 11 nitrogen and oxygen atoms in total. The Morgan fingerprint density at radius 2 is 1.86 bits per heavy atom. The summed E-state index contributed by atoms with van der Waals surface area (Å²) in [4.78, 5) is 25.8. The molecule has 2 heterocycles. The first-order valence-electron chi connectivity index (χ1n) is 11.6. The topological polar surface area (TPSA) is 161 Å². The van der Waals surface area contributed by atoms with Crippen molar-refractivity contribution in [1.29, 1.82) is 0 Å². The van der Waals surface area contributed by atoms with Crippen molar-refractivity contribution >= 4 is 11.8 Å². The zero-order valence-electron chi connectivity index (χ0n) is 19.4. The molecular weight excluding hydrogens is 464 g/mol. The summed E-state index contributed by atoms with van der Waals surface area (Å²) in [5, 5.41) is 40.6. The monoisotopic (exact) mass is 494 g/mol. The quantitative estimate of drug-likeness (QED) is 0.349. The Kier molecular flexibility index (Phi) is 6.05. The molecule has 0 unspecified atom stereocenters. The number of aliphatic hydroxyl groups excluding tert-OH is 4. The van der Waals surface area contributed by atoms with Gasteiger partial charge in [0.15, 0.2) is 12.6 Å². The number of methoxy groups -OCH3 is 1. The summed E-state index contributed by atoms with van der Waals surface area (Å²) in [6.07, 6.45) is -8.23. The molecule has 1 aromatic rings. The predicted octanol–water partition coefficient (Wildman–Crippen LogP) is -0.861. The lowest BCUT2D eigenvalue weighted by Crippen LogP contribution is -2.80. The zero-order valence-corrected chi connectivity index (χ0v) is 19.4. The van der Waals surface area contributed by atoms with Crippen molar-refractivity contribution in [3.63, 3.8) is 0 Å². The van der Waals surface area contributed by atoms with Gasteiger partial charge < -0.3 is 44.1 Å². The zero-order chi connectivity index (χ0) is 25.2. The van der Waals surface area contributed by atoms with Gasteiger partial charge in [-0.15, -0.1) is 0 Å². The van der Waals surface area contributed by atoms with E-state index in [1.54, 1.807) is 37.3 Å². The van der Waals surface area contributed by atoms with E-state index in [0.29, 0.717) is 5.56 Å². The molecule has 1 aromatic carbocycles. The molecule has 11 heteroatoms. The summed E-state index contributed by atoms with van der Waals surface area (Å²) in [5.74, 6) is -1.28. The van der Waals surface area contributed by atoms with Crippen molar-refractivity contribution in [3.8, 4) is 0 Å². The highest BCUT2D eigenvalue weighted by molar-refractivity contribution is 5.90. The van der Waals surface area contributed by atoms with Crippen LogP contribution in [0.1, 0.15) is 30.1 Å². The van der Waals surface area contributed by atoms with Crippen LogP contribution in [0.25, 0.3) is 0 Å².